The van der Waals surface area contributed by atoms with E-state index in [1.54, 1.807) is 0 Å². The number of benzene rings is 1. The number of hydrogen-bond acceptors (Lipinski definition) is 1. The highest BCUT2D eigenvalue weighted by Crippen LogP contribution is 2.28. The van der Waals surface area contributed by atoms with Gasteiger partial charge in [-0.05, 0) is 18.9 Å². The van der Waals surface area contributed by atoms with Crippen LogP contribution in [-0.4, -0.2) is 10.4 Å². The molecule has 0 bridgehead atoms. The van der Waals surface area contributed by atoms with Gasteiger partial charge in [0.2, 0.25) is 0 Å². The Morgan fingerprint density at radius 2 is 1.22 bits per heavy atom. The zero-order valence-electron chi connectivity index (χ0n) is 21.1. The molecule has 1 aromatic carbocycles. The van der Waals surface area contributed by atoms with Crippen molar-refractivity contribution in [2.24, 2.45) is 7.05 Å². The minimum atomic E-state index is 0.271. The normalized spacial score (nSPS) is 11.2. The maximum atomic E-state index is 13.0. The molecule has 0 aliphatic heterocycles. The van der Waals surface area contributed by atoms with Crippen LogP contribution >= 0.6 is 0 Å². The van der Waals surface area contributed by atoms with Crippen molar-refractivity contribution in [2.45, 2.75) is 117 Å². The maximum Gasteiger partial charge on any atom is 0.165 e. The van der Waals surface area contributed by atoms with Crippen LogP contribution in [0.3, 0.4) is 0 Å². The summed E-state index contributed by atoms with van der Waals surface area (Å²) in [6.45, 7) is 4.31. The second-order valence-corrected chi connectivity index (χ2v) is 9.50. The number of ketones is 1. The van der Waals surface area contributed by atoms with E-state index in [9.17, 15) is 4.79 Å². The van der Waals surface area contributed by atoms with Gasteiger partial charge in [0.15, 0.2) is 5.78 Å². The molecule has 2 nitrogen and oxygen atoms in total. The van der Waals surface area contributed by atoms with Crippen LogP contribution in [0.4, 0.5) is 0 Å². The predicted molar refractivity (Wildman–Crippen MR) is 138 cm³/mol. The van der Waals surface area contributed by atoms with Gasteiger partial charge in [0.25, 0.3) is 0 Å². The lowest BCUT2D eigenvalue weighted by Crippen LogP contribution is -2.03. The summed E-state index contributed by atoms with van der Waals surface area (Å²) in [5.41, 5.74) is 3.92. The molecule has 1 radical (unpaired) electrons. The lowest BCUT2D eigenvalue weighted by Gasteiger charge is -2.06. The fourth-order valence-electron chi connectivity index (χ4n) is 4.59. The van der Waals surface area contributed by atoms with E-state index >= 15 is 0 Å². The van der Waals surface area contributed by atoms with Gasteiger partial charge in [0.05, 0.1) is 6.20 Å². The lowest BCUT2D eigenvalue weighted by molar-refractivity contribution is 0.0979. The molecular weight excluding hydrogens is 390 g/mol. The van der Waals surface area contributed by atoms with Crippen LogP contribution in [-0.2, 0) is 7.05 Å². The van der Waals surface area contributed by atoms with Crippen LogP contribution in [0.1, 0.15) is 126 Å². The monoisotopic (exact) mass is 436 g/mol. The number of carbonyl (C=O) groups excluding carboxylic acids is 1. The van der Waals surface area contributed by atoms with Crippen LogP contribution in [0.5, 0.6) is 0 Å². The highest BCUT2D eigenvalue weighted by atomic mass is 16.1. The molecule has 2 heteroatoms. The summed E-state index contributed by atoms with van der Waals surface area (Å²) in [4.78, 5) is 13.0. The molecule has 1 heterocycles. The number of aromatic nitrogens is 1. The molecular formula is C30H46NO. The quantitative estimate of drug-likeness (QED) is 0.168. The van der Waals surface area contributed by atoms with E-state index in [1.807, 2.05) is 36.7 Å². The molecule has 0 N–H and O–H groups in total. The number of rotatable bonds is 18. The van der Waals surface area contributed by atoms with E-state index in [1.165, 1.54) is 89.9 Å². The highest BCUT2D eigenvalue weighted by Gasteiger charge is 2.19. The molecule has 0 amide bonds. The Morgan fingerprint density at radius 3 is 1.72 bits per heavy atom. The molecule has 0 atom stereocenters. The number of nitrogens with zero attached hydrogens (tertiary/aromatic N) is 1. The van der Waals surface area contributed by atoms with Gasteiger partial charge in [0.1, 0.15) is 0 Å². The van der Waals surface area contributed by atoms with Crippen LogP contribution in [0.2, 0.25) is 0 Å². The Kier molecular flexibility index (Phi) is 13.1. The van der Waals surface area contributed by atoms with Gasteiger partial charge in [-0.1, -0.05) is 127 Å². The van der Waals surface area contributed by atoms with Crippen LogP contribution in [0.15, 0.2) is 30.3 Å². The third-order valence-corrected chi connectivity index (χ3v) is 6.74. The Labute approximate surface area is 197 Å². The fraction of sp³-hybridized carbons (Fsp3) is 0.633. The van der Waals surface area contributed by atoms with Gasteiger partial charge in [0, 0.05) is 30.3 Å². The molecule has 2 rings (SSSR count). The second kappa shape index (κ2) is 15.9. The molecule has 0 aliphatic carbocycles. The first kappa shape index (κ1) is 26.4. The van der Waals surface area contributed by atoms with E-state index in [-0.39, 0.29) is 5.78 Å². The first-order valence-corrected chi connectivity index (χ1v) is 13.3. The molecule has 177 valence electrons. The Morgan fingerprint density at radius 1 is 0.750 bits per heavy atom. The minimum absolute atomic E-state index is 0.271. The van der Waals surface area contributed by atoms with Crippen LogP contribution in [0, 0.1) is 13.1 Å². The average molecular weight is 437 g/mol. The largest absolute Gasteiger partial charge is 0.345 e. The third-order valence-electron chi connectivity index (χ3n) is 6.74. The van der Waals surface area contributed by atoms with Gasteiger partial charge in [-0.2, -0.15) is 0 Å². The Hall–Kier alpha value is -1.83. The van der Waals surface area contributed by atoms with Gasteiger partial charge < -0.3 is 4.57 Å². The van der Waals surface area contributed by atoms with Gasteiger partial charge in [-0.25, -0.2) is 0 Å². The molecule has 0 spiro atoms. The molecule has 0 saturated heterocycles. The zero-order valence-corrected chi connectivity index (χ0v) is 21.1. The third kappa shape index (κ3) is 9.35. The van der Waals surface area contributed by atoms with E-state index < -0.39 is 0 Å². The van der Waals surface area contributed by atoms with E-state index in [4.69, 9.17) is 0 Å². The average Bonchev–Trinajstić information content (AvgIpc) is 3.11. The van der Waals surface area contributed by atoms with Crippen molar-refractivity contribution in [3.8, 4) is 11.1 Å². The first-order valence-electron chi connectivity index (χ1n) is 13.3. The first-order chi connectivity index (χ1) is 15.6. The molecule has 0 aliphatic rings. The summed E-state index contributed by atoms with van der Waals surface area (Å²) in [5, 5.41) is 0. The second-order valence-electron chi connectivity index (χ2n) is 9.50. The summed E-state index contributed by atoms with van der Waals surface area (Å²) in [6.07, 6.45) is 24.2. The van der Waals surface area contributed by atoms with Crippen molar-refractivity contribution in [3.05, 3.63) is 47.8 Å². The van der Waals surface area contributed by atoms with Crippen molar-refractivity contribution in [2.75, 3.05) is 0 Å². The smallest absolute Gasteiger partial charge is 0.165 e. The Bertz CT molecular complexity index is 759. The fourth-order valence-corrected chi connectivity index (χ4v) is 4.59. The number of aryl methyl sites for hydroxylation is 1. The number of hydrogen-bond donors (Lipinski definition) is 0. The summed E-state index contributed by atoms with van der Waals surface area (Å²) >= 11 is 0. The summed E-state index contributed by atoms with van der Waals surface area (Å²) in [7, 11) is 1.98. The predicted octanol–water partition coefficient (Wildman–Crippen LogP) is 9.24. The minimum Gasteiger partial charge on any atom is -0.345 e. The van der Waals surface area contributed by atoms with E-state index in [2.05, 4.69) is 25.3 Å². The highest BCUT2D eigenvalue weighted by molar-refractivity contribution is 6.03. The van der Waals surface area contributed by atoms with Gasteiger partial charge in [-0.15, -0.1) is 0 Å². The summed E-state index contributed by atoms with van der Waals surface area (Å²) in [6, 6.07) is 10.2. The van der Waals surface area contributed by atoms with Crippen LogP contribution < -0.4 is 0 Å². The molecule has 32 heavy (non-hydrogen) atoms. The van der Waals surface area contributed by atoms with Crippen molar-refractivity contribution in [1.82, 2.24) is 4.57 Å². The number of carbonyl (C=O) groups is 1. The van der Waals surface area contributed by atoms with Crippen molar-refractivity contribution < 1.29 is 4.79 Å². The Balaban J connectivity index is 1.55. The molecule has 0 saturated carbocycles. The topological polar surface area (TPSA) is 22.0 Å². The van der Waals surface area contributed by atoms with Gasteiger partial charge in [-0.3, -0.25) is 4.79 Å². The van der Waals surface area contributed by atoms with Crippen molar-refractivity contribution >= 4 is 5.78 Å². The molecule has 0 unspecified atom stereocenters. The standard InChI is InChI=1S/C30H46NO/c1-4-5-6-7-8-9-10-11-12-13-14-15-16-17-21-24-29(32)30-26(2)31(3)25-28(30)27-22-19-18-20-23-27/h18-20,22-23H,4-17,21,24H2,1-3H3. The van der Waals surface area contributed by atoms with Crippen molar-refractivity contribution in [1.29, 1.82) is 0 Å². The lowest BCUT2D eigenvalue weighted by atomic mass is 9.96. The number of unbranched alkanes of at least 4 members (excludes halogenated alkanes) is 14. The molecule has 2 aromatic rings. The van der Waals surface area contributed by atoms with Crippen molar-refractivity contribution in [3.63, 3.8) is 0 Å². The summed E-state index contributed by atoms with van der Waals surface area (Å²) in [5.74, 6) is 0.271. The van der Waals surface area contributed by atoms with E-state index in [0.717, 1.165) is 28.8 Å². The summed E-state index contributed by atoms with van der Waals surface area (Å²) < 4.78 is 1.96. The van der Waals surface area contributed by atoms with Gasteiger partial charge >= 0.3 is 0 Å². The SMILES string of the molecule is CCCCCCCCCCCCCCCCCC(=O)c1c(-c2ccccc2)[c]n(C)c1C. The molecule has 0 fully saturated rings. The van der Waals surface area contributed by atoms with Crippen LogP contribution in [0.25, 0.3) is 11.1 Å². The maximum absolute atomic E-state index is 13.0. The van der Waals surface area contributed by atoms with E-state index in [0.29, 0.717) is 6.42 Å². The molecule has 1 aromatic heterocycles. The zero-order chi connectivity index (χ0) is 23.0. The number of Topliss-reactive ketones (excluding diaryl/α,β-unsaturated/α-hetero) is 1.